The minimum atomic E-state index is -4.97. The number of alkyl halides is 6. The van der Waals surface area contributed by atoms with Crippen LogP contribution in [0.15, 0.2) is 53.7 Å². The van der Waals surface area contributed by atoms with Crippen LogP contribution in [0.2, 0.25) is 0 Å². The molecule has 1 heterocycles. The first-order valence-corrected chi connectivity index (χ1v) is 12.5. The number of carbonyl (C=O) groups is 1. The second-order valence-electron chi connectivity index (χ2n) is 10.3. The lowest BCUT2D eigenvalue weighted by Gasteiger charge is -2.25. The van der Waals surface area contributed by atoms with E-state index in [0.29, 0.717) is 43.6 Å². The molecule has 0 spiro atoms. The third-order valence-corrected chi connectivity index (χ3v) is 7.15. The number of ether oxygens (including phenoxy) is 1. The average molecular weight is 559 g/mol. The van der Waals surface area contributed by atoms with Gasteiger partial charge in [-0.3, -0.25) is 4.79 Å². The second kappa shape index (κ2) is 10.9. The Morgan fingerprint density at radius 1 is 0.949 bits per heavy atom. The van der Waals surface area contributed by atoms with E-state index in [2.05, 4.69) is 0 Å². The van der Waals surface area contributed by atoms with Gasteiger partial charge in [-0.2, -0.15) is 26.3 Å². The molecule has 2 aromatic rings. The molecule has 0 aromatic heterocycles. The van der Waals surface area contributed by atoms with Crippen LogP contribution >= 0.6 is 0 Å². The highest BCUT2D eigenvalue weighted by Gasteiger charge is 2.41. The van der Waals surface area contributed by atoms with Crippen molar-refractivity contribution in [2.24, 2.45) is 0 Å². The fourth-order valence-electron chi connectivity index (χ4n) is 5.26. The van der Waals surface area contributed by atoms with E-state index in [4.69, 9.17) is 4.74 Å². The zero-order valence-corrected chi connectivity index (χ0v) is 21.7. The van der Waals surface area contributed by atoms with Gasteiger partial charge in [0.2, 0.25) is 0 Å². The molecule has 0 N–H and O–H groups in total. The van der Waals surface area contributed by atoms with E-state index < -0.39 is 41.5 Å². The summed E-state index contributed by atoms with van der Waals surface area (Å²) in [4.78, 5) is 16.5. The van der Waals surface area contributed by atoms with Gasteiger partial charge in [-0.1, -0.05) is 12.1 Å². The van der Waals surface area contributed by atoms with Gasteiger partial charge < -0.3 is 14.5 Å². The second-order valence-corrected chi connectivity index (χ2v) is 10.3. The van der Waals surface area contributed by atoms with Gasteiger partial charge in [0.15, 0.2) is 5.78 Å². The Balaban J connectivity index is 1.67. The van der Waals surface area contributed by atoms with Crippen molar-refractivity contribution in [3.05, 3.63) is 81.8 Å². The van der Waals surface area contributed by atoms with Crippen molar-refractivity contribution in [3.8, 4) is 0 Å². The van der Waals surface area contributed by atoms with Crippen LogP contribution in [0.5, 0.6) is 0 Å². The van der Waals surface area contributed by atoms with Crippen molar-refractivity contribution in [3.63, 3.8) is 0 Å². The Morgan fingerprint density at radius 3 is 2.08 bits per heavy atom. The number of hydrogen-bond acceptors (Lipinski definition) is 4. The van der Waals surface area contributed by atoms with E-state index in [9.17, 15) is 35.5 Å². The fraction of sp³-hybridized carbons (Fsp3) is 0.464. The van der Waals surface area contributed by atoms with Gasteiger partial charge in [0.1, 0.15) is 5.82 Å². The molecule has 4 rings (SSSR count). The number of rotatable bonds is 7. The summed E-state index contributed by atoms with van der Waals surface area (Å²) in [6.07, 6.45) is -10.8. The summed E-state index contributed by atoms with van der Waals surface area (Å²) in [6, 6.07) is 7.19. The van der Waals surface area contributed by atoms with Crippen LogP contribution in [0, 0.1) is 5.82 Å². The van der Waals surface area contributed by atoms with Crippen molar-refractivity contribution in [1.82, 2.24) is 9.80 Å². The van der Waals surface area contributed by atoms with Crippen LogP contribution in [0.1, 0.15) is 54.0 Å². The highest BCUT2D eigenvalue weighted by molar-refractivity contribution is 5.99. The highest BCUT2D eigenvalue weighted by atomic mass is 19.4. The van der Waals surface area contributed by atoms with Gasteiger partial charge in [-0.05, 0) is 68.9 Å². The molecule has 2 aromatic carbocycles. The number of allylic oxidation sites excluding steroid dienone is 1. The molecule has 3 atom stereocenters. The molecule has 1 saturated heterocycles. The largest absolute Gasteiger partial charge is 0.416 e. The number of likely N-dealkylation sites (tertiary alicyclic amines) is 1. The summed E-state index contributed by atoms with van der Waals surface area (Å²) in [5, 5.41) is 0. The molecule has 0 bridgehead atoms. The molecule has 11 heteroatoms. The average Bonchev–Trinajstić information content (AvgIpc) is 3.41. The summed E-state index contributed by atoms with van der Waals surface area (Å²) >= 11 is 0. The van der Waals surface area contributed by atoms with Gasteiger partial charge in [0.25, 0.3) is 0 Å². The fourth-order valence-corrected chi connectivity index (χ4v) is 5.26. The molecular weight excluding hydrogens is 529 g/mol. The predicted molar refractivity (Wildman–Crippen MR) is 130 cm³/mol. The lowest BCUT2D eigenvalue weighted by Crippen LogP contribution is -2.26. The van der Waals surface area contributed by atoms with Gasteiger partial charge in [0.05, 0.1) is 23.3 Å². The maximum absolute atomic E-state index is 13.6. The quantitative estimate of drug-likeness (QED) is 0.359. The molecule has 4 nitrogen and oxygen atoms in total. The monoisotopic (exact) mass is 558 g/mol. The van der Waals surface area contributed by atoms with Gasteiger partial charge in [0, 0.05) is 43.2 Å². The number of carbonyl (C=O) groups excluding carboxylic acids is 1. The zero-order valence-electron chi connectivity index (χ0n) is 21.7. The van der Waals surface area contributed by atoms with E-state index in [0.717, 1.165) is 11.3 Å². The van der Waals surface area contributed by atoms with Crippen LogP contribution in [0.4, 0.5) is 30.7 Å². The van der Waals surface area contributed by atoms with Crippen LogP contribution in [-0.2, 0) is 21.9 Å². The third kappa shape index (κ3) is 6.63. The first-order valence-electron chi connectivity index (χ1n) is 12.5. The summed E-state index contributed by atoms with van der Waals surface area (Å²) in [6.45, 7) is 2.53. The smallest absolute Gasteiger partial charge is 0.371 e. The van der Waals surface area contributed by atoms with E-state index in [1.165, 1.54) is 19.1 Å². The van der Waals surface area contributed by atoms with E-state index in [-0.39, 0.29) is 29.9 Å². The molecule has 1 aliphatic heterocycles. The lowest BCUT2D eigenvalue weighted by molar-refractivity contribution is -0.143. The SMILES string of the molecule is C[C@@H](O[C@H]1CN(C2=C(CN(C)C)C(=O)CC2)C[C@@H]1c1ccc(F)cc1)c1cc(C(F)(F)F)cc(C(F)(F)F)c1. The number of ketones is 1. The van der Waals surface area contributed by atoms with Crippen LogP contribution in [0.25, 0.3) is 0 Å². The highest BCUT2D eigenvalue weighted by Crippen LogP contribution is 2.41. The minimum Gasteiger partial charge on any atom is -0.371 e. The summed E-state index contributed by atoms with van der Waals surface area (Å²) in [5.74, 6) is -0.761. The molecule has 0 unspecified atom stereocenters. The van der Waals surface area contributed by atoms with Crippen molar-refractivity contribution in [2.75, 3.05) is 33.7 Å². The number of nitrogens with zero attached hydrogens (tertiary/aromatic N) is 2. The summed E-state index contributed by atoms with van der Waals surface area (Å²) in [7, 11) is 3.69. The number of likely N-dealkylation sites (N-methyl/N-ethyl adjacent to an activating group) is 1. The van der Waals surface area contributed by atoms with Crippen LogP contribution < -0.4 is 0 Å². The predicted octanol–water partition coefficient (Wildman–Crippen LogP) is 6.59. The normalized spacial score (nSPS) is 21.4. The first-order chi connectivity index (χ1) is 18.1. The Kier molecular flexibility index (Phi) is 8.14. The van der Waals surface area contributed by atoms with Gasteiger partial charge in [-0.25, -0.2) is 4.39 Å². The van der Waals surface area contributed by atoms with Crippen LogP contribution in [0.3, 0.4) is 0 Å². The maximum Gasteiger partial charge on any atom is 0.416 e. The third-order valence-electron chi connectivity index (χ3n) is 7.15. The molecule has 1 fully saturated rings. The number of halogens is 7. The zero-order chi connectivity index (χ0) is 28.7. The van der Waals surface area contributed by atoms with E-state index in [1.54, 1.807) is 12.1 Å². The maximum atomic E-state index is 13.6. The van der Waals surface area contributed by atoms with Crippen LogP contribution in [-0.4, -0.2) is 55.4 Å². The molecule has 2 aliphatic rings. The molecular formula is C28H29F7N2O2. The van der Waals surface area contributed by atoms with Gasteiger partial charge in [-0.15, -0.1) is 0 Å². The summed E-state index contributed by atoms with van der Waals surface area (Å²) < 4.78 is 100. The van der Waals surface area contributed by atoms with E-state index in [1.807, 2.05) is 23.9 Å². The van der Waals surface area contributed by atoms with Crippen molar-refractivity contribution >= 4 is 5.78 Å². The van der Waals surface area contributed by atoms with E-state index >= 15 is 0 Å². The minimum absolute atomic E-state index is 0.0402. The molecule has 1 aliphatic carbocycles. The van der Waals surface area contributed by atoms with Gasteiger partial charge >= 0.3 is 12.4 Å². The van der Waals surface area contributed by atoms with Crippen molar-refractivity contribution in [2.45, 2.75) is 50.2 Å². The molecule has 0 radical (unpaired) electrons. The molecule has 0 saturated carbocycles. The van der Waals surface area contributed by atoms with Crippen molar-refractivity contribution in [1.29, 1.82) is 0 Å². The molecule has 212 valence electrons. The molecule has 39 heavy (non-hydrogen) atoms. The number of benzene rings is 2. The Morgan fingerprint density at radius 2 is 1.54 bits per heavy atom. The first kappa shape index (κ1) is 29.1. The lowest BCUT2D eigenvalue weighted by atomic mass is 9.95. The number of Topliss-reactive ketones (excluding diaryl/α,β-unsaturated/α-hetero) is 1. The Bertz CT molecular complexity index is 1200. The Hall–Kier alpha value is -2.92. The Labute approximate surface area is 222 Å². The standard InChI is InChI=1S/C28H29F7N2O2/c1-16(18-10-19(27(30,31)32)12-20(11-18)28(33,34)35)39-26-15-37(14-22(26)17-4-6-21(29)7-5-17)24-8-9-25(38)23(24)13-36(2)3/h4-7,10-12,16,22,26H,8-9,13-15H2,1-3H3/t16-,22-,26+/m1/s1. The summed E-state index contributed by atoms with van der Waals surface area (Å²) in [5.41, 5.74) is -0.813. The van der Waals surface area contributed by atoms with Crippen molar-refractivity contribution < 1.29 is 40.3 Å². The number of hydrogen-bond donors (Lipinski definition) is 0. The molecule has 0 amide bonds. The topological polar surface area (TPSA) is 32.8 Å².